The van der Waals surface area contributed by atoms with Gasteiger partial charge in [0.25, 0.3) is 0 Å². The Balaban J connectivity index is 2.27. The Morgan fingerprint density at radius 2 is 2.08 bits per heavy atom. The van der Waals surface area contributed by atoms with Gasteiger partial charge in [0.1, 0.15) is 30.4 Å². The van der Waals surface area contributed by atoms with Gasteiger partial charge < -0.3 is 30.9 Å². The van der Waals surface area contributed by atoms with Crippen LogP contribution in [0, 0.1) is 5.92 Å². The van der Waals surface area contributed by atoms with E-state index in [4.69, 9.17) is 10.5 Å². The van der Waals surface area contributed by atoms with E-state index >= 15 is 0 Å². The molecule has 3 atom stereocenters. The molecule has 3 heterocycles. The van der Waals surface area contributed by atoms with E-state index in [9.17, 15) is 20.4 Å². The highest BCUT2D eigenvalue weighted by atomic mass is 16.6. The van der Waals surface area contributed by atoms with Crippen molar-refractivity contribution in [2.45, 2.75) is 37.6 Å². The summed E-state index contributed by atoms with van der Waals surface area (Å²) in [4.78, 5) is 12.0. The minimum absolute atomic E-state index is 0.0519. The largest absolute Gasteiger partial charge is 0.394 e. The van der Waals surface area contributed by atoms with Crippen molar-refractivity contribution in [3.05, 3.63) is 24.8 Å². The number of rotatable bonds is 4. The highest BCUT2D eigenvalue weighted by Crippen LogP contribution is 2.44. The molecule has 6 N–H and O–H groups in total. The maximum atomic E-state index is 10.7. The molecule has 1 aliphatic rings. The van der Waals surface area contributed by atoms with E-state index in [-0.39, 0.29) is 22.9 Å². The van der Waals surface area contributed by atoms with Crippen molar-refractivity contribution in [1.82, 2.24) is 19.5 Å². The molecule has 1 fully saturated rings. The molecule has 136 valence electrons. The summed E-state index contributed by atoms with van der Waals surface area (Å²) in [6.45, 7) is 3.18. The number of nitrogens with two attached hydrogens (primary N) is 1. The number of hydrogen-bond acceptors (Lipinski definition) is 9. The highest BCUT2D eigenvalue weighted by Gasteiger charge is 2.65. The Kier molecular flexibility index (Phi) is 4.25. The topological polar surface area (TPSA) is 160 Å². The van der Waals surface area contributed by atoms with Gasteiger partial charge in [0.05, 0.1) is 6.61 Å². The third-order valence-electron chi connectivity index (χ3n) is 4.23. The third-order valence-corrected chi connectivity index (χ3v) is 4.23. The SMILES string of the molecule is CC(C)/C=C\[C@@]1(n2cnc3c(N)ncnc32)O[C@H](CO)[C@@H](O)C1(O)O. The first-order valence-electron chi connectivity index (χ1n) is 7.79. The molecule has 3 rings (SSSR count). The van der Waals surface area contributed by atoms with Gasteiger partial charge in [-0.3, -0.25) is 4.57 Å². The maximum absolute atomic E-state index is 10.7. The Labute approximate surface area is 143 Å². The quantitative estimate of drug-likeness (QED) is 0.333. The molecule has 0 aromatic carbocycles. The summed E-state index contributed by atoms with van der Waals surface area (Å²) in [5.74, 6) is -2.58. The van der Waals surface area contributed by atoms with Crippen LogP contribution in [0.15, 0.2) is 24.8 Å². The Bertz CT molecular complexity index is 805. The summed E-state index contributed by atoms with van der Waals surface area (Å²) < 4.78 is 6.97. The molecule has 10 nitrogen and oxygen atoms in total. The van der Waals surface area contributed by atoms with E-state index in [1.165, 1.54) is 23.3 Å². The Hall–Kier alpha value is -2.11. The fraction of sp³-hybridized carbons (Fsp3) is 0.533. The number of nitrogens with zero attached hydrogens (tertiary/aromatic N) is 4. The molecular formula is C15H21N5O5. The van der Waals surface area contributed by atoms with Gasteiger partial charge in [-0.15, -0.1) is 0 Å². The summed E-state index contributed by atoms with van der Waals surface area (Å²) in [7, 11) is 0. The molecule has 0 amide bonds. The lowest BCUT2D eigenvalue weighted by Gasteiger charge is -2.36. The molecule has 2 aromatic rings. The van der Waals surface area contributed by atoms with Crippen molar-refractivity contribution in [3.8, 4) is 0 Å². The zero-order valence-corrected chi connectivity index (χ0v) is 13.8. The number of hydrogen-bond donors (Lipinski definition) is 5. The van der Waals surface area contributed by atoms with Gasteiger partial charge in [-0.25, -0.2) is 15.0 Å². The molecule has 25 heavy (non-hydrogen) atoms. The lowest BCUT2D eigenvalue weighted by Crippen LogP contribution is -2.56. The van der Waals surface area contributed by atoms with Crippen molar-refractivity contribution in [2.75, 3.05) is 12.3 Å². The van der Waals surface area contributed by atoms with E-state index in [1.54, 1.807) is 6.08 Å². The average molecular weight is 351 g/mol. The highest BCUT2D eigenvalue weighted by molar-refractivity contribution is 5.81. The minimum atomic E-state index is -2.75. The number of aliphatic hydroxyl groups is 4. The first kappa shape index (κ1) is 17.7. The molecule has 0 unspecified atom stereocenters. The number of anilines is 1. The minimum Gasteiger partial charge on any atom is -0.394 e. The fourth-order valence-corrected chi connectivity index (χ4v) is 2.89. The van der Waals surface area contributed by atoms with Crippen LogP contribution in [-0.2, 0) is 10.5 Å². The van der Waals surface area contributed by atoms with E-state index < -0.39 is 30.3 Å². The van der Waals surface area contributed by atoms with Crippen LogP contribution in [0.1, 0.15) is 13.8 Å². The zero-order valence-electron chi connectivity index (χ0n) is 13.8. The van der Waals surface area contributed by atoms with Crippen LogP contribution < -0.4 is 5.73 Å². The first-order chi connectivity index (χ1) is 11.7. The zero-order chi connectivity index (χ0) is 18.4. The average Bonchev–Trinajstić information content (AvgIpc) is 3.07. The number of nitrogen functional groups attached to an aromatic ring is 1. The molecule has 1 aliphatic heterocycles. The summed E-state index contributed by atoms with van der Waals surface area (Å²) in [5, 5.41) is 41.0. The number of allylic oxidation sites excluding steroid dienone is 1. The van der Waals surface area contributed by atoms with E-state index in [0.717, 1.165) is 0 Å². The van der Waals surface area contributed by atoms with Crippen LogP contribution in [0.25, 0.3) is 11.2 Å². The second-order valence-electron chi connectivity index (χ2n) is 6.36. The van der Waals surface area contributed by atoms with Gasteiger partial charge in [0.15, 0.2) is 11.5 Å². The first-order valence-corrected chi connectivity index (χ1v) is 7.79. The number of fused-ring (bicyclic) bond motifs is 1. The van der Waals surface area contributed by atoms with Crippen LogP contribution in [0.3, 0.4) is 0 Å². The molecule has 2 aromatic heterocycles. The van der Waals surface area contributed by atoms with Crippen LogP contribution in [0.4, 0.5) is 5.82 Å². The second-order valence-corrected chi connectivity index (χ2v) is 6.36. The predicted octanol–water partition coefficient (Wildman–Crippen LogP) is -1.29. The van der Waals surface area contributed by atoms with Crippen molar-refractivity contribution in [3.63, 3.8) is 0 Å². The molecule has 0 bridgehead atoms. The van der Waals surface area contributed by atoms with Crippen molar-refractivity contribution in [2.24, 2.45) is 5.92 Å². The van der Waals surface area contributed by atoms with Crippen molar-refractivity contribution < 1.29 is 25.2 Å². The number of imidazole rings is 1. The molecule has 0 spiro atoms. The summed E-state index contributed by atoms with van der Waals surface area (Å²) in [5.41, 5.74) is 4.27. The van der Waals surface area contributed by atoms with Crippen LogP contribution >= 0.6 is 0 Å². The molecular weight excluding hydrogens is 330 g/mol. The maximum Gasteiger partial charge on any atom is 0.246 e. The van der Waals surface area contributed by atoms with E-state index in [1.807, 2.05) is 13.8 Å². The summed E-state index contributed by atoms with van der Waals surface area (Å²) in [6, 6.07) is 0. The monoisotopic (exact) mass is 351 g/mol. The standard InChI is InChI=1S/C15H21N5O5/c1-8(2)3-4-14(15(23,24)11(22)9(5-21)25-14)20-7-19-10-12(16)17-6-18-13(10)20/h3-4,6-9,11,21-24H,5H2,1-2H3,(H2,16,17,18)/b4-3-/t9-,11-,14-/m1/s1. The fourth-order valence-electron chi connectivity index (χ4n) is 2.89. The van der Waals surface area contributed by atoms with Crippen LogP contribution in [0.2, 0.25) is 0 Å². The van der Waals surface area contributed by atoms with Gasteiger partial charge in [0.2, 0.25) is 11.5 Å². The van der Waals surface area contributed by atoms with Gasteiger partial charge in [-0.1, -0.05) is 19.9 Å². The number of aliphatic hydroxyl groups excluding tert-OH is 2. The van der Waals surface area contributed by atoms with Gasteiger partial charge in [0, 0.05) is 0 Å². The molecule has 10 heteroatoms. The van der Waals surface area contributed by atoms with Gasteiger partial charge >= 0.3 is 0 Å². The van der Waals surface area contributed by atoms with Crippen molar-refractivity contribution >= 4 is 17.0 Å². The van der Waals surface area contributed by atoms with E-state index in [0.29, 0.717) is 0 Å². The van der Waals surface area contributed by atoms with Crippen LogP contribution in [-0.4, -0.2) is 64.5 Å². The second kappa shape index (κ2) is 6.00. The number of ether oxygens (including phenoxy) is 1. The molecule has 0 radical (unpaired) electrons. The van der Waals surface area contributed by atoms with Crippen LogP contribution in [0.5, 0.6) is 0 Å². The lowest BCUT2D eigenvalue weighted by atomic mass is 9.96. The predicted molar refractivity (Wildman–Crippen MR) is 86.8 cm³/mol. The molecule has 1 saturated heterocycles. The lowest BCUT2D eigenvalue weighted by molar-refractivity contribution is -0.280. The third kappa shape index (κ3) is 2.50. The number of aromatic nitrogens is 4. The Morgan fingerprint density at radius 3 is 2.68 bits per heavy atom. The summed E-state index contributed by atoms with van der Waals surface area (Å²) in [6.07, 6.45) is 2.60. The van der Waals surface area contributed by atoms with E-state index in [2.05, 4.69) is 15.0 Å². The summed E-state index contributed by atoms with van der Waals surface area (Å²) >= 11 is 0. The molecule has 0 aliphatic carbocycles. The molecule has 0 saturated carbocycles. The normalized spacial score (nSPS) is 29.2. The van der Waals surface area contributed by atoms with Gasteiger partial charge in [-0.2, -0.15) is 0 Å². The van der Waals surface area contributed by atoms with Crippen molar-refractivity contribution in [1.29, 1.82) is 0 Å². The smallest absolute Gasteiger partial charge is 0.246 e. The Morgan fingerprint density at radius 1 is 1.36 bits per heavy atom. The van der Waals surface area contributed by atoms with Gasteiger partial charge in [-0.05, 0) is 12.0 Å².